The first-order valence-corrected chi connectivity index (χ1v) is 10.8. The molecule has 0 radical (unpaired) electrons. The van der Waals surface area contributed by atoms with E-state index in [0.29, 0.717) is 46.1 Å². The Bertz CT molecular complexity index is 264. The molecular formula is C18H35IO5. The second-order valence-corrected chi connectivity index (χ2v) is 6.70. The molecule has 0 saturated carbocycles. The number of hydrogen-bond donors (Lipinski definition) is 0. The van der Waals surface area contributed by atoms with E-state index in [9.17, 15) is 4.79 Å². The normalized spacial score (nSPS) is 10.9. The van der Waals surface area contributed by atoms with Gasteiger partial charge in [-0.1, -0.05) is 55.2 Å². The molecule has 0 unspecified atom stereocenters. The van der Waals surface area contributed by atoms with E-state index in [-0.39, 0.29) is 5.97 Å². The van der Waals surface area contributed by atoms with Crippen molar-refractivity contribution in [3.8, 4) is 0 Å². The lowest BCUT2D eigenvalue weighted by molar-refractivity contribution is -0.145. The zero-order valence-electron chi connectivity index (χ0n) is 15.2. The molecule has 0 amide bonds. The molecule has 0 bridgehead atoms. The number of hydrogen-bond acceptors (Lipinski definition) is 5. The lowest BCUT2D eigenvalue weighted by Gasteiger charge is -2.07. The highest BCUT2D eigenvalue weighted by Gasteiger charge is 2.01. The molecule has 5 nitrogen and oxygen atoms in total. The van der Waals surface area contributed by atoms with Crippen LogP contribution < -0.4 is 0 Å². The lowest BCUT2D eigenvalue weighted by Crippen LogP contribution is -2.14. The molecule has 144 valence electrons. The van der Waals surface area contributed by atoms with Crippen molar-refractivity contribution in [2.75, 3.05) is 50.7 Å². The smallest absolute Gasteiger partial charge is 0.305 e. The Labute approximate surface area is 161 Å². The first kappa shape index (κ1) is 24.1. The van der Waals surface area contributed by atoms with Crippen molar-refractivity contribution in [2.45, 2.75) is 58.3 Å². The number of rotatable bonds is 19. The zero-order chi connectivity index (χ0) is 17.7. The second kappa shape index (κ2) is 21.1. The fourth-order valence-corrected chi connectivity index (χ4v) is 2.54. The van der Waals surface area contributed by atoms with Crippen LogP contribution in [0, 0.1) is 0 Å². The highest BCUT2D eigenvalue weighted by Crippen LogP contribution is 2.02. The zero-order valence-corrected chi connectivity index (χ0v) is 17.4. The average Bonchev–Trinajstić information content (AvgIpc) is 2.58. The molecule has 0 heterocycles. The minimum atomic E-state index is -0.130. The third kappa shape index (κ3) is 20.1. The van der Waals surface area contributed by atoms with E-state index in [0.717, 1.165) is 32.3 Å². The van der Waals surface area contributed by atoms with E-state index in [1.165, 1.54) is 23.7 Å². The first-order valence-electron chi connectivity index (χ1n) is 9.26. The van der Waals surface area contributed by atoms with Gasteiger partial charge in [-0.25, -0.2) is 0 Å². The van der Waals surface area contributed by atoms with Gasteiger partial charge in [-0.2, -0.15) is 0 Å². The predicted octanol–water partition coefficient (Wildman–Crippen LogP) is 4.16. The first-order chi connectivity index (χ1) is 11.8. The van der Waals surface area contributed by atoms with Crippen LogP contribution in [0.1, 0.15) is 58.3 Å². The van der Waals surface area contributed by atoms with Crippen LogP contribution in [0.5, 0.6) is 0 Å². The van der Waals surface area contributed by atoms with Crippen LogP contribution in [0.3, 0.4) is 0 Å². The van der Waals surface area contributed by atoms with Crippen molar-refractivity contribution in [2.24, 2.45) is 0 Å². The molecule has 0 aromatic rings. The molecule has 0 fully saturated rings. The van der Waals surface area contributed by atoms with E-state index in [4.69, 9.17) is 18.9 Å². The summed E-state index contributed by atoms with van der Waals surface area (Å²) < 4.78 is 22.6. The maximum absolute atomic E-state index is 11.3. The van der Waals surface area contributed by atoms with Gasteiger partial charge in [-0.05, 0) is 23.7 Å². The molecule has 0 aliphatic rings. The van der Waals surface area contributed by atoms with Gasteiger partial charge in [0.05, 0.1) is 33.0 Å². The summed E-state index contributed by atoms with van der Waals surface area (Å²) in [6.45, 7) is 5.99. The molecule has 24 heavy (non-hydrogen) atoms. The van der Waals surface area contributed by atoms with Crippen LogP contribution in [-0.2, 0) is 23.7 Å². The topological polar surface area (TPSA) is 54.0 Å². The quantitative estimate of drug-likeness (QED) is 0.126. The van der Waals surface area contributed by atoms with Crippen LogP contribution in [0.25, 0.3) is 0 Å². The number of carbonyl (C=O) groups excluding carboxylic acids is 1. The van der Waals surface area contributed by atoms with Crippen LogP contribution in [0.4, 0.5) is 0 Å². The van der Waals surface area contributed by atoms with Crippen molar-refractivity contribution in [1.82, 2.24) is 0 Å². The fraction of sp³-hybridized carbons (Fsp3) is 0.944. The Balaban J connectivity index is 3.06. The van der Waals surface area contributed by atoms with Gasteiger partial charge in [0.1, 0.15) is 6.61 Å². The maximum atomic E-state index is 11.3. The minimum absolute atomic E-state index is 0.130. The van der Waals surface area contributed by atoms with E-state index in [1.807, 2.05) is 0 Å². The number of esters is 1. The molecular weight excluding hydrogens is 423 g/mol. The Hall–Kier alpha value is 0.0800. The summed E-state index contributed by atoms with van der Waals surface area (Å²) in [5.74, 6) is -0.130. The number of unbranched alkanes of at least 4 members (excludes halogenated alkanes) is 5. The molecule has 0 spiro atoms. The number of carbonyl (C=O) groups is 1. The van der Waals surface area contributed by atoms with E-state index < -0.39 is 0 Å². The van der Waals surface area contributed by atoms with Gasteiger partial charge < -0.3 is 18.9 Å². The Kier molecular flexibility index (Phi) is 21.2. The van der Waals surface area contributed by atoms with Crippen molar-refractivity contribution >= 4 is 28.6 Å². The summed E-state index contributed by atoms with van der Waals surface area (Å²) in [4.78, 5) is 11.3. The van der Waals surface area contributed by atoms with Gasteiger partial charge >= 0.3 is 5.97 Å². The molecule has 6 heteroatoms. The minimum Gasteiger partial charge on any atom is -0.463 e. The second-order valence-electron chi connectivity index (χ2n) is 5.62. The maximum Gasteiger partial charge on any atom is 0.305 e. The fourth-order valence-electron chi connectivity index (χ4n) is 2.00. The number of alkyl halides is 1. The van der Waals surface area contributed by atoms with Crippen molar-refractivity contribution < 1.29 is 23.7 Å². The van der Waals surface area contributed by atoms with Crippen LogP contribution in [-0.4, -0.2) is 56.6 Å². The van der Waals surface area contributed by atoms with Crippen LogP contribution in [0.15, 0.2) is 0 Å². The summed E-state index contributed by atoms with van der Waals surface area (Å²) in [6, 6.07) is 0. The molecule has 0 aliphatic carbocycles. The number of ether oxygens (including phenoxy) is 4. The third-order valence-electron chi connectivity index (χ3n) is 3.39. The highest BCUT2D eigenvalue weighted by molar-refractivity contribution is 14.1. The van der Waals surface area contributed by atoms with Crippen molar-refractivity contribution in [1.29, 1.82) is 0 Å². The van der Waals surface area contributed by atoms with Crippen LogP contribution >= 0.6 is 22.6 Å². The summed E-state index contributed by atoms with van der Waals surface area (Å²) in [5.41, 5.74) is 0. The third-order valence-corrected chi connectivity index (χ3v) is 4.15. The van der Waals surface area contributed by atoms with E-state index in [1.54, 1.807) is 0 Å². The van der Waals surface area contributed by atoms with E-state index in [2.05, 4.69) is 29.5 Å². The lowest BCUT2D eigenvalue weighted by atomic mass is 10.2. The Morgan fingerprint density at radius 3 is 1.92 bits per heavy atom. The van der Waals surface area contributed by atoms with Crippen molar-refractivity contribution in [3.05, 3.63) is 0 Å². The molecule has 0 aromatic carbocycles. The summed E-state index contributed by atoms with van der Waals surface area (Å²) >= 11 is 2.41. The molecule has 0 saturated heterocycles. The standard InChI is InChI=1S/C18H35IO5/c1-2-3-6-9-18(20)24-17-16-23-15-14-22-13-12-21-11-8-5-4-7-10-19/h2-17H2,1H3. The summed E-state index contributed by atoms with van der Waals surface area (Å²) in [6.07, 6.45) is 8.60. The average molecular weight is 458 g/mol. The SMILES string of the molecule is CCCCCC(=O)OCCOCCOCCOCCCCCCI. The monoisotopic (exact) mass is 458 g/mol. The number of halogens is 1. The van der Waals surface area contributed by atoms with Gasteiger partial charge in [0.15, 0.2) is 0 Å². The van der Waals surface area contributed by atoms with Gasteiger partial charge in [-0.3, -0.25) is 4.79 Å². The summed E-state index contributed by atoms with van der Waals surface area (Å²) in [5, 5.41) is 0. The Morgan fingerprint density at radius 2 is 1.29 bits per heavy atom. The van der Waals surface area contributed by atoms with Gasteiger partial charge in [0.25, 0.3) is 0 Å². The molecule has 0 aromatic heterocycles. The highest BCUT2D eigenvalue weighted by atomic mass is 127. The predicted molar refractivity (Wildman–Crippen MR) is 105 cm³/mol. The molecule has 0 rings (SSSR count). The van der Waals surface area contributed by atoms with Crippen LogP contribution in [0.2, 0.25) is 0 Å². The largest absolute Gasteiger partial charge is 0.463 e. The molecule has 0 atom stereocenters. The van der Waals surface area contributed by atoms with Gasteiger partial charge in [0.2, 0.25) is 0 Å². The van der Waals surface area contributed by atoms with Crippen molar-refractivity contribution in [3.63, 3.8) is 0 Å². The van der Waals surface area contributed by atoms with Gasteiger partial charge in [-0.15, -0.1) is 0 Å². The van der Waals surface area contributed by atoms with E-state index >= 15 is 0 Å². The molecule has 0 N–H and O–H groups in total. The Morgan fingerprint density at radius 1 is 0.708 bits per heavy atom. The van der Waals surface area contributed by atoms with Gasteiger partial charge in [0, 0.05) is 13.0 Å². The summed E-state index contributed by atoms with van der Waals surface area (Å²) in [7, 11) is 0. The molecule has 0 aliphatic heterocycles.